The molecule has 0 aliphatic rings. The first-order valence-electron chi connectivity index (χ1n) is 8.14. The minimum Gasteiger partial charge on any atom is -0.497 e. The van der Waals surface area contributed by atoms with Crippen molar-refractivity contribution in [2.75, 3.05) is 13.7 Å². The number of hydrogen-bond donors (Lipinski definition) is 0. The molecule has 0 amide bonds. The number of aryl methyl sites for hydroxylation is 2. The van der Waals surface area contributed by atoms with Crippen molar-refractivity contribution in [1.82, 2.24) is 4.98 Å². The van der Waals surface area contributed by atoms with Gasteiger partial charge in [0.2, 0.25) is 5.88 Å². The minimum absolute atomic E-state index is 0.171. The highest BCUT2D eigenvalue weighted by Crippen LogP contribution is 2.24. The Kier molecular flexibility index (Phi) is 4.85. The zero-order valence-corrected chi connectivity index (χ0v) is 14.9. The van der Waals surface area contributed by atoms with E-state index in [1.165, 1.54) is 0 Å². The van der Waals surface area contributed by atoms with Crippen molar-refractivity contribution in [1.29, 1.82) is 5.26 Å². The molecule has 130 valence electrons. The fourth-order valence-electron chi connectivity index (χ4n) is 2.61. The van der Waals surface area contributed by atoms with Crippen LogP contribution >= 0.6 is 0 Å². The van der Waals surface area contributed by atoms with Gasteiger partial charge in [-0.15, -0.1) is 0 Å². The number of fused-ring (bicyclic) bond motifs is 1. The molecule has 0 saturated heterocycles. The SMILES string of the molecule is COc1ccc(C(=O)COc2nc3cc(C)c(C)cc3cc2C#N)cc1. The van der Waals surface area contributed by atoms with Crippen molar-refractivity contribution in [2.24, 2.45) is 0 Å². The number of benzene rings is 2. The molecule has 5 heteroatoms. The van der Waals surface area contributed by atoms with Gasteiger partial charge in [-0.1, -0.05) is 0 Å². The zero-order valence-electron chi connectivity index (χ0n) is 14.9. The Labute approximate surface area is 151 Å². The van der Waals surface area contributed by atoms with E-state index in [9.17, 15) is 10.1 Å². The molecule has 0 spiro atoms. The third-order valence-corrected chi connectivity index (χ3v) is 4.27. The summed E-state index contributed by atoms with van der Waals surface area (Å²) in [6.45, 7) is 3.82. The number of nitrogens with zero attached hydrogens (tertiary/aromatic N) is 2. The maximum Gasteiger partial charge on any atom is 0.232 e. The predicted octanol–water partition coefficient (Wildman–Crippen LogP) is 3.99. The lowest BCUT2D eigenvalue weighted by molar-refractivity contribution is 0.0918. The Morgan fingerprint density at radius 1 is 1.12 bits per heavy atom. The summed E-state index contributed by atoms with van der Waals surface area (Å²) in [4.78, 5) is 16.7. The summed E-state index contributed by atoms with van der Waals surface area (Å²) < 4.78 is 10.6. The third-order valence-electron chi connectivity index (χ3n) is 4.27. The molecule has 0 atom stereocenters. The van der Waals surface area contributed by atoms with Crippen molar-refractivity contribution >= 4 is 16.7 Å². The molecule has 0 N–H and O–H groups in total. The lowest BCUT2D eigenvalue weighted by atomic mass is 10.1. The zero-order chi connectivity index (χ0) is 18.7. The monoisotopic (exact) mass is 346 g/mol. The Morgan fingerprint density at radius 3 is 2.46 bits per heavy atom. The van der Waals surface area contributed by atoms with Crippen LogP contribution in [0.15, 0.2) is 42.5 Å². The van der Waals surface area contributed by atoms with E-state index >= 15 is 0 Å². The molecule has 3 rings (SSSR count). The van der Waals surface area contributed by atoms with Crippen LogP contribution in [0.1, 0.15) is 27.0 Å². The van der Waals surface area contributed by atoms with Crippen LogP contribution in [-0.2, 0) is 0 Å². The highest BCUT2D eigenvalue weighted by molar-refractivity contribution is 5.97. The van der Waals surface area contributed by atoms with Gasteiger partial charge in [-0.25, -0.2) is 4.98 Å². The van der Waals surface area contributed by atoms with E-state index in [4.69, 9.17) is 9.47 Å². The molecule has 26 heavy (non-hydrogen) atoms. The van der Waals surface area contributed by atoms with Gasteiger partial charge in [0, 0.05) is 10.9 Å². The van der Waals surface area contributed by atoms with E-state index in [0.29, 0.717) is 16.9 Å². The number of nitriles is 1. The first-order valence-corrected chi connectivity index (χ1v) is 8.14. The second-order valence-corrected chi connectivity index (χ2v) is 6.02. The van der Waals surface area contributed by atoms with Crippen LogP contribution in [0.3, 0.4) is 0 Å². The molecule has 2 aromatic carbocycles. The second-order valence-electron chi connectivity index (χ2n) is 6.02. The van der Waals surface area contributed by atoms with E-state index in [-0.39, 0.29) is 18.3 Å². The predicted molar refractivity (Wildman–Crippen MR) is 98.8 cm³/mol. The number of rotatable bonds is 5. The van der Waals surface area contributed by atoms with Gasteiger partial charge in [-0.3, -0.25) is 4.79 Å². The van der Waals surface area contributed by atoms with Crippen LogP contribution in [0.25, 0.3) is 10.9 Å². The summed E-state index contributed by atoms with van der Waals surface area (Å²) in [5.41, 5.74) is 3.79. The maximum absolute atomic E-state index is 12.3. The number of carbonyl (C=O) groups excluding carboxylic acids is 1. The fourth-order valence-corrected chi connectivity index (χ4v) is 2.61. The minimum atomic E-state index is -0.196. The molecule has 1 aromatic heterocycles. The molecule has 5 nitrogen and oxygen atoms in total. The molecule has 3 aromatic rings. The van der Waals surface area contributed by atoms with Gasteiger partial charge in [0.05, 0.1) is 12.6 Å². The van der Waals surface area contributed by atoms with Crippen molar-refractivity contribution in [3.8, 4) is 17.7 Å². The van der Waals surface area contributed by atoms with Crippen molar-refractivity contribution in [3.63, 3.8) is 0 Å². The number of ketones is 1. The standard InChI is InChI=1S/C21H18N2O3/c1-13-8-16-10-17(11-22)21(23-19(16)9-14(13)2)26-12-20(24)15-4-6-18(25-3)7-5-15/h4-10H,12H2,1-3H3. The molecular formula is C21H18N2O3. The van der Waals surface area contributed by atoms with Gasteiger partial charge in [-0.2, -0.15) is 5.26 Å². The number of methoxy groups -OCH3 is 1. The smallest absolute Gasteiger partial charge is 0.232 e. The van der Waals surface area contributed by atoms with Gasteiger partial charge in [0.25, 0.3) is 0 Å². The third kappa shape index (κ3) is 3.50. The lowest BCUT2D eigenvalue weighted by Gasteiger charge is -2.09. The van der Waals surface area contributed by atoms with Gasteiger partial charge in [0.15, 0.2) is 12.4 Å². The molecule has 0 aliphatic heterocycles. The highest BCUT2D eigenvalue weighted by Gasteiger charge is 2.13. The van der Waals surface area contributed by atoms with Gasteiger partial charge < -0.3 is 9.47 Å². The second kappa shape index (κ2) is 7.24. The number of ether oxygens (including phenoxy) is 2. The summed E-state index contributed by atoms with van der Waals surface area (Å²) in [5.74, 6) is 0.653. The van der Waals surface area contributed by atoms with Gasteiger partial charge >= 0.3 is 0 Å². The quantitative estimate of drug-likeness (QED) is 0.653. The molecule has 1 heterocycles. The van der Waals surface area contributed by atoms with Gasteiger partial charge in [0.1, 0.15) is 17.4 Å². The van der Waals surface area contributed by atoms with Crippen LogP contribution < -0.4 is 9.47 Å². The summed E-state index contributed by atoms with van der Waals surface area (Å²) in [6, 6.07) is 14.5. The molecule has 0 fully saturated rings. The maximum atomic E-state index is 12.3. The largest absolute Gasteiger partial charge is 0.497 e. The fraction of sp³-hybridized carbons (Fsp3) is 0.190. The molecule has 0 unspecified atom stereocenters. The van der Waals surface area contributed by atoms with Crippen LogP contribution in [-0.4, -0.2) is 24.5 Å². The topological polar surface area (TPSA) is 72.2 Å². The molecule has 0 aliphatic carbocycles. The average Bonchev–Trinajstić information content (AvgIpc) is 2.66. The number of aromatic nitrogens is 1. The van der Waals surface area contributed by atoms with E-state index in [1.807, 2.05) is 26.0 Å². The highest BCUT2D eigenvalue weighted by atomic mass is 16.5. The number of Topliss-reactive ketones (excluding diaryl/α,β-unsaturated/α-hetero) is 1. The Hall–Kier alpha value is -3.39. The summed E-state index contributed by atoms with van der Waals surface area (Å²) in [5, 5.41) is 10.2. The normalized spacial score (nSPS) is 10.4. The van der Waals surface area contributed by atoms with Crippen LogP contribution in [0.4, 0.5) is 0 Å². The first-order chi connectivity index (χ1) is 12.5. The molecular weight excluding hydrogens is 328 g/mol. The lowest BCUT2D eigenvalue weighted by Crippen LogP contribution is -2.13. The van der Waals surface area contributed by atoms with Crippen molar-refractivity contribution in [2.45, 2.75) is 13.8 Å². The van der Waals surface area contributed by atoms with Crippen molar-refractivity contribution in [3.05, 3.63) is 64.7 Å². The summed E-state index contributed by atoms with van der Waals surface area (Å²) in [7, 11) is 1.57. The number of hydrogen-bond acceptors (Lipinski definition) is 5. The Balaban J connectivity index is 1.84. The van der Waals surface area contributed by atoms with E-state index in [1.54, 1.807) is 37.4 Å². The van der Waals surface area contributed by atoms with Crippen LogP contribution in [0.5, 0.6) is 11.6 Å². The van der Waals surface area contributed by atoms with Crippen molar-refractivity contribution < 1.29 is 14.3 Å². The van der Waals surface area contributed by atoms with Gasteiger partial charge in [-0.05, 0) is 67.4 Å². The van der Waals surface area contributed by atoms with E-state index < -0.39 is 0 Å². The van der Waals surface area contributed by atoms with Crippen LogP contribution in [0, 0.1) is 25.2 Å². The number of pyridine rings is 1. The molecule has 0 saturated carbocycles. The van der Waals surface area contributed by atoms with E-state index in [0.717, 1.165) is 22.0 Å². The molecule has 0 bridgehead atoms. The summed E-state index contributed by atoms with van der Waals surface area (Å²) >= 11 is 0. The number of carbonyl (C=O) groups is 1. The molecule has 0 radical (unpaired) electrons. The Bertz CT molecular complexity index is 1020. The van der Waals surface area contributed by atoms with E-state index in [2.05, 4.69) is 11.1 Å². The van der Waals surface area contributed by atoms with Crippen LogP contribution in [0.2, 0.25) is 0 Å². The first kappa shape index (κ1) is 17.4. The summed E-state index contributed by atoms with van der Waals surface area (Å²) in [6.07, 6.45) is 0. The Morgan fingerprint density at radius 2 is 1.81 bits per heavy atom. The average molecular weight is 346 g/mol.